The molecule has 8 heteroatoms. The molecule has 0 bridgehead atoms. The van der Waals surface area contributed by atoms with Crippen LogP contribution in [-0.2, 0) is 15.5 Å². The maximum Gasteiger partial charge on any atom is 0.365 e. The Morgan fingerprint density at radius 2 is 1.93 bits per heavy atom. The lowest BCUT2D eigenvalue weighted by Crippen LogP contribution is -2.32. The summed E-state index contributed by atoms with van der Waals surface area (Å²) in [6.45, 7) is 4.28. The van der Waals surface area contributed by atoms with Gasteiger partial charge >= 0.3 is 7.60 Å². The van der Waals surface area contributed by atoms with E-state index in [1.807, 2.05) is 31.2 Å². The van der Waals surface area contributed by atoms with Crippen molar-refractivity contribution in [1.29, 1.82) is 0 Å². The van der Waals surface area contributed by atoms with Gasteiger partial charge in [-0.15, -0.1) is 0 Å². The molecule has 0 aromatic heterocycles. The Bertz CT molecular complexity index is 786. The van der Waals surface area contributed by atoms with E-state index in [1.54, 1.807) is 31.2 Å². The molecule has 0 aliphatic heterocycles. The lowest BCUT2D eigenvalue weighted by molar-refractivity contribution is 0.170. The quantitative estimate of drug-likeness (QED) is 0.467. The Hall–Kier alpha value is -1.40. The number of benzene rings is 2. The zero-order chi connectivity index (χ0) is 20.6. The minimum Gasteiger partial charge on any atom is -0.481 e. The zero-order valence-corrected chi connectivity index (χ0v) is 17.7. The molecule has 2 aromatic rings. The van der Waals surface area contributed by atoms with Crippen LogP contribution in [0.4, 0.5) is 0 Å². The highest BCUT2D eigenvalue weighted by Crippen LogP contribution is 2.41. The van der Waals surface area contributed by atoms with Gasteiger partial charge in [-0.05, 0) is 55.7 Å². The second-order valence-corrected chi connectivity index (χ2v) is 8.78. The first-order chi connectivity index (χ1) is 13.3. The smallest absolute Gasteiger partial charge is 0.365 e. The first-order valence-corrected chi connectivity index (χ1v) is 11.3. The first kappa shape index (κ1) is 22.9. The molecular weight excluding hydrogens is 401 g/mol. The second kappa shape index (κ2) is 11.0. The summed E-state index contributed by atoms with van der Waals surface area (Å²) in [5.41, 5.74) is 1.86. The summed E-state index contributed by atoms with van der Waals surface area (Å²) < 4.78 is 21.7. The molecular formula is C20H27ClNO5P. The molecule has 3 N–H and O–H groups in total. The maximum atomic E-state index is 11.6. The number of nitrogens with one attached hydrogen (secondary N) is 1. The van der Waals surface area contributed by atoms with Crippen molar-refractivity contribution in [3.8, 4) is 5.75 Å². The number of halogens is 1. The Kier molecular flexibility index (Phi) is 8.96. The predicted molar refractivity (Wildman–Crippen MR) is 111 cm³/mol. The predicted octanol–water partition coefficient (Wildman–Crippen LogP) is 4.15. The molecule has 0 heterocycles. The zero-order valence-electron chi connectivity index (χ0n) is 16.0. The molecule has 0 fully saturated rings. The fraction of sp³-hybridized carbons (Fsp3) is 0.400. The number of ether oxygens (including phenoxy) is 1. The molecule has 0 amide bonds. The standard InChI is InChI=1S/C20H27ClNO5P/c1-3-27-28(24,25)14-26-19-9-7-16(8-10-19)11-15(2)22-13-20(23)17-5-4-6-18(21)12-17/h4-10,12,15,20,22-23H,3,11,13-14H2,1-2H3,(H,24,25). The van der Waals surface area contributed by atoms with Crippen LogP contribution < -0.4 is 10.1 Å². The van der Waals surface area contributed by atoms with Crippen molar-refractivity contribution in [2.75, 3.05) is 19.5 Å². The highest BCUT2D eigenvalue weighted by molar-refractivity contribution is 7.52. The number of aliphatic hydroxyl groups excluding tert-OH is 1. The average Bonchev–Trinajstić information content (AvgIpc) is 2.65. The van der Waals surface area contributed by atoms with E-state index in [9.17, 15) is 14.6 Å². The van der Waals surface area contributed by atoms with Crippen LogP contribution in [0.5, 0.6) is 5.75 Å². The summed E-state index contributed by atoms with van der Waals surface area (Å²) in [6, 6.07) is 14.7. The summed E-state index contributed by atoms with van der Waals surface area (Å²) in [6.07, 6.45) is -0.240. The van der Waals surface area contributed by atoms with E-state index in [2.05, 4.69) is 5.32 Å². The van der Waals surface area contributed by atoms with Crippen LogP contribution in [0.25, 0.3) is 0 Å². The fourth-order valence-electron chi connectivity index (χ4n) is 2.69. The Morgan fingerprint density at radius 3 is 2.57 bits per heavy atom. The Morgan fingerprint density at radius 1 is 1.21 bits per heavy atom. The van der Waals surface area contributed by atoms with Crippen LogP contribution in [0.2, 0.25) is 5.02 Å². The van der Waals surface area contributed by atoms with Gasteiger partial charge in [0.25, 0.3) is 0 Å². The fourth-order valence-corrected chi connectivity index (χ4v) is 3.68. The molecule has 0 radical (unpaired) electrons. The molecule has 154 valence electrons. The van der Waals surface area contributed by atoms with Crippen molar-refractivity contribution in [1.82, 2.24) is 5.32 Å². The van der Waals surface area contributed by atoms with E-state index in [4.69, 9.17) is 20.9 Å². The van der Waals surface area contributed by atoms with Gasteiger partial charge < -0.3 is 24.6 Å². The van der Waals surface area contributed by atoms with E-state index >= 15 is 0 Å². The van der Waals surface area contributed by atoms with E-state index in [1.165, 1.54) is 0 Å². The number of aliphatic hydroxyl groups is 1. The van der Waals surface area contributed by atoms with Crippen molar-refractivity contribution < 1.29 is 23.8 Å². The van der Waals surface area contributed by atoms with Gasteiger partial charge in [0.1, 0.15) is 5.75 Å². The molecule has 2 rings (SSSR count). The van der Waals surface area contributed by atoms with E-state index < -0.39 is 13.7 Å². The second-order valence-electron chi connectivity index (χ2n) is 6.56. The molecule has 3 atom stereocenters. The molecule has 0 aliphatic carbocycles. The number of rotatable bonds is 11. The maximum absolute atomic E-state index is 11.6. The molecule has 0 spiro atoms. The van der Waals surface area contributed by atoms with E-state index in [0.29, 0.717) is 17.3 Å². The summed E-state index contributed by atoms with van der Waals surface area (Å²) in [5.74, 6) is 0.509. The van der Waals surface area contributed by atoms with E-state index in [-0.39, 0.29) is 19.0 Å². The Balaban J connectivity index is 1.79. The van der Waals surface area contributed by atoms with Gasteiger partial charge in [-0.3, -0.25) is 4.57 Å². The van der Waals surface area contributed by atoms with Gasteiger partial charge in [-0.2, -0.15) is 0 Å². The monoisotopic (exact) mass is 427 g/mol. The molecule has 3 unspecified atom stereocenters. The van der Waals surface area contributed by atoms with E-state index in [0.717, 1.165) is 17.5 Å². The van der Waals surface area contributed by atoms with Gasteiger partial charge in [0.05, 0.1) is 12.7 Å². The normalized spacial score (nSPS) is 15.6. The van der Waals surface area contributed by atoms with Crippen LogP contribution in [0.15, 0.2) is 48.5 Å². The summed E-state index contributed by atoms with van der Waals surface area (Å²) in [5, 5.41) is 14.2. The van der Waals surface area contributed by atoms with Crippen molar-refractivity contribution in [2.45, 2.75) is 32.4 Å². The SMILES string of the molecule is CCOP(=O)(O)COc1ccc(CC(C)NCC(O)c2cccc(Cl)c2)cc1. The largest absolute Gasteiger partial charge is 0.481 e. The van der Waals surface area contributed by atoms with Gasteiger partial charge in [0.2, 0.25) is 0 Å². The summed E-state index contributed by atoms with van der Waals surface area (Å²) in [4.78, 5) is 9.52. The minimum atomic E-state index is -3.70. The summed E-state index contributed by atoms with van der Waals surface area (Å²) in [7, 11) is -3.70. The van der Waals surface area contributed by atoms with Crippen LogP contribution in [0.1, 0.15) is 31.1 Å². The third kappa shape index (κ3) is 7.92. The van der Waals surface area contributed by atoms with Crippen LogP contribution in [0, 0.1) is 0 Å². The van der Waals surface area contributed by atoms with Crippen LogP contribution in [0.3, 0.4) is 0 Å². The van der Waals surface area contributed by atoms with Crippen molar-refractivity contribution in [3.05, 3.63) is 64.7 Å². The lowest BCUT2D eigenvalue weighted by atomic mass is 10.1. The topological polar surface area (TPSA) is 88.0 Å². The Labute approximate surface area is 171 Å². The highest BCUT2D eigenvalue weighted by atomic mass is 35.5. The average molecular weight is 428 g/mol. The highest BCUT2D eigenvalue weighted by Gasteiger charge is 2.19. The third-order valence-corrected chi connectivity index (χ3v) is 5.44. The third-order valence-electron chi connectivity index (χ3n) is 4.08. The molecule has 0 saturated heterocycles. The van der Waals surface area contributed by atoms with Gasteiger partial charge in [-0.25, -0.2) is 0 Å². The van der Waals surface area contributed by atoms with Crippen LogP contribution in [-0.4, -0.2) is 35.5 Å². The number of hydrogen-bond acceptors (Lipinski definition) is 5. The van der Waals surface area contributed by atoms with Crippen molar-refractivity contribution in [2.24, 2.45) is 0 Å². The molecule has 0 aliphatic rings. The molecule has 0 saturated carbocycles. The van der Waals surface area contributed by atoms with Crippen LogP contribution >= 0.6 is 19.2 Å². The molecule has 28 heavy (non-hydrogen) atoms. The van der Waals surface area contributed by atoms with Gasteiger partial charge in [0.15, 0.2) is 6.35 Å². The lowest BCUT2D eigenvalue weighted by Gasteiger charge is -2.18. The first-order valence-electron chi connectivity index (χ1n) is 9.14. The van der Waals surface area contributed by atoms with Crippen molar-refractivity contribution in [3.63, 3.8) is 0 Å². The number of hydrogen-bond donors (Lipinski definition) is 3. The van der Waals surface area contributed by atoms with Gasteiger partial charge in [-0.1, -0.05) is 35.9 Å². The minimum absolute atomic E-state index is 0.149. The van der Waals surface area contributed by atoms with Crippen molar-refractivity contribution >= 4 is 19.2 Å². The van der Waals surface area contributed by atoms with Gasteiger partial charge in [0, 0.05) is 17.6 Å². The summed E-state index contributed by atoms with van der Waals surface area (Å²) >= 11 is 5.96. The molecule has 6 nitrogen and oxygen atoms in total. The molecule has 2 aromatic carbocycles.